The van der Waals surface area contributed by atoms with E-state index in [2.05, 4.69) is 24.3 Å². The van der Waals surface area contributed by atoms with E-state index >= 15 is 0 Å². The molecule has 0 bridgehead atoms. The Morgan fingerprint density at radius 1 is 1.17 bits per heavy atom. The Bertz CT molecular complexity index is 667. The normalized spacial score (nSPS) is 27.5. The lowest BCUT2D eigenvalue weighted by Crippen LogP contribution is -2.50. The molecule has 120 valence electrons. The first-order valence-electron chi connectivity index (χ1n) is 8.27. The summed E-state index contributed by atoms with van der Waals surface area (Å²) in [5.74, 6) is 0.815. The Kier molecular flexibility index (Phi) is 3.69. The molecule has 2 aromatic rings. The third kappa shape index (κ3) is 2.79. The van der Waals surface area contributed by atoms with E-state index < -0.39 is 0 Å². The van der Waals surface area contributed by atoms with Gasteiger partial charge in [-0.05, 0) is 37.0 Å². The van der Waals surface area contributed by atoms with Crippen LogP contribution in [-0.4, -0.2) is 36.1 Å². The summed E-state index contributed by atoms with van der Waals surface area (Å²) in [6, 6.07) is 14.0. The van der Waals surface area contributed by atoms with E-state index in [1.165, 1.54) is 5.56 Å². The first-order valence-corrected chi connectivity index (χ1v) is 8.27. The molecule has 2 aliphatic rings. The number of carbonyl (C=O) groups excluding carboxylic acids is 1. The molecule has 4 heteroatoms. The van der Waals surface area contributed by atoms with E-state index in [1.54, 1.807) is 18.4 Å². The van der Waals surface area contributed by atoms with Gasteiger partial charge < -0.3 is 14.1 Å². The summed E-state index contributed by atoms with van der Waals surface area (Å²) in [4.78, 5) is 14.4. The van der Waals surface area contributed by atoms with Crippen molar-refractivity contribution < 1.29 is 13.9 Å². The minimum Gasteiger partial charge on any atom is -0.459 e. The molecule has 0 saturated carbocycles. The maximum atomic E-state index is 12.5. The van der Waals surface area contributed by atoms with Gasteiger partial charge in [-0.3, -0.25) is 4.79 Å². The maximum Gasteiger partial charge on any atom is 0.289 e. The molecular weight excluding hydrogens is 290 g/mol. The van der Waals surface area contributed by atoms with Crippen LogP contribution in [0.2, 0.25) is 0 Å². The number of nitrogens with zero attached hydrogens (tertiary/aromatic N) is 1. The summed E-state index contributed by atoms with van der Waals surface area (Å²) in [6.07, 6.45) is 4.54. The van der Waals surface area contributed by atoms with Crippen LogP contribution in [0.3, 0.4) is 0 Å². The van der Waals surface area contributed by atoms with Crippen LogP contribution < -0.4 is 0 Å². The van der Waals surface area contributed by atoms with E-state index in [-0.39, 0.29) is 11.5 Å². The van der Waals surface area contributed by atoms with Crippen molar-refractivity contribution in [3.05, 3.63) is 60.1 Å². The number of amides is 1. The van der Waals surface area contributed by atoms with Crippen molar-refractivity contribution in [2.45, 2.75) is 30.8 Å². The van der Waals surface area contributed by atoms with Crippen molar-refractivity contribution >= 4 is 5.91 Å². The molecule has 3 heterocycles. The third-order valence-electron chi connectivity index (χ3n) is 5.04. The van der Waals surface area contributed by atoms with Crippen molar-refractivity contribution in [1.82, 2.24) is 4.90 Å². The number of rotatable bonds is 2. The molecule has 1 spiro atoms. The first-order chi connectivity index (χ1) is 11.3. The van der Waals surface area contributed by atoms with Crippen molar-refractivity contribution in [2.24, 2.45) is 0 Å². The molecule has 2 aliphatic heterocycles. The Morgan fingerprint density at radius 3 is 2.83 bits per heavy atom. The van der Waals surface area contributed by atoms with Gasteiger partial charge in [-0.2, -0.15) is 0 Å². The van der Waals surface area contributed by atoms with E-state index in [0.29, 0.717) is 18.2 Å². The van der Waals surface area contributed by atoms with Gasteiger partial charge in [-0.15, -0.1) is 0 Å². The zero-order chi connectivity index (χ0) is 15.7. The molecule has 23 heavy (non-hydrogen) atoms. The number of furan rings is 1. The largest absolute Gasteiger partial charge is 0.459 e. The van der Waals surface area contributed by atoms with E-state index in [9.17, 15) is 4.79 Å². The fourth-order valence-corrected chi connectivity index (χ4v) is 3.90. The van der Waals surface area contributed by atoms with Crippen LogP contribution >= 0.6 is 0 Å². The van der Waals surface area contributed by atoms with Gasteiger partial charge >= 0.3 is 0 Å². The monoisotopic (exact) mass is 311 g/mol. The Hall–Kier alpha value is -2.07. The van der Waals surface area contributed by atoms with Crippen LogP contribution in [0.25, 0.3) is 0 Å². The van der Waals surface area contributed by atoms with Crippen molar-refractivity contribution in [2.75, 3.05) is 19.7 Å². The summed E-state index contributed by atoms with van der Waals surface area (Å²) in [5.41, 5.74) is 1.14. The fourth-order valence-electron chi connectivity index (χ4n) is 3.90. The highest BCUT2D eigenvalue weighted by atomic mass is 16.5. The lowest BCUT2D eigenvalue weighted by molar-refractivity contribution is -0.0453. The Morgan fingerprint density at radius 2 is 2.04 bits per heavy atom. The molecule has 1 aromatic carbocycles. The minimum absolute atomic E-state index is 0.0270. The molecule has 2 atom stereocenters. The molecule has 4 nitrogen and oxygen atoms in total. The third-order valence-corrected chi connectivity index (χ3v) is 5.04. The second kappa shape index (κ2) is 5.85. The minimum atomic E-state index is -0.193. The van der Waals surface area contributed by atoms with Gasteiger partial charge in [0.15, 0.2) is 5.76 Å². The molecule has 2 unspecified atom stereocenters. The highest BCUT2D eigenvalue weighted by Gasteiger charge is 2.45. The zero-order valence-corrected chi connectivity index (χ0v) is 13.1. The fraction of sp³-hybridized carbons (Fsp3) is 0.421. The SMILES string of the molecule is O=C(c1ccco1)N1CCCC2(CC(c3ccccc3)CO2)C1. The van der Waals surface area contributed by atoms with Crippen LogP contribution in [0, 0.1) is 0 Å². The lowest BCUT2D eigenvalue weighted by atomic mass is 9.84. The predicted octanol–water partition coefficient (Wildman–Crippen LogP) is 3.46. The smallest absolute Gasteiger partial charge is 0.289 e. The van der Waals surface area contributed by atoms with Gasteiger partial charge in [0.1, 0.15) is 0 Å². The van der Waals surface area contributed by atoms with Gasteiger partial charge in [0, 0.05) is 12.5 Å². The molecule has 0 N–H and O–H groups in total. The van der Waals surface area contributed by atoms with Crippen molar-refractivity contribution in [1.29, 1.82) is 0 Å². The van der Waals surface area contributed by atoms with E-state index in [4.69, 9.17) is 9.15 Å². The number of likely N-dealkylation sites (tertiary alicyclic amines) is 1. The van der Waals surface area contributed by atoms with Crippen LogP contribution in [0.5, 0.6) is 0 Å². The van der Waals surface area contributed by atoms with E-state index in [0.717, 1.165) is 32.4 Å². The number of benzene rings is 1. The van der Waals surface area contributed by atoms with Crippen LogP contribution in [0.1, 0.15) is 41.3 Å². The molecule has 1 amide bonds. The van der Waals surface area contributed by atoms with E-state index in [1.807, 2.05) is 11.0 Å². The highest BCUT2D eigenvalue weighted by molar-refractivity contribution is 5.91. The molecule has 4 rings (SSSR count). The zero-order valence-electron chi connectivity index (χ0n) is 13.1. The van der Waals surface area contributed by atoms with Crippen LogP contribution in [-0.2, 0) is 4.74 Å². The number of piperidine rings is 1. The van der Waals surface area contributed by atoms with Crippen molar-refractivity contribution in [3.63, 3.8) is 0 Å². The summed E-state index contributed by atoms with van der Waals surface area (Å²) < 4.78 is 11.5. The Balaban J connectivity index is 1.48. The molecular formula is C19H21NO3. The average molecular weight is 311 g/mol. The Labute approximate surface area is 136 Å². The first kappa shape index (κ1) is 14.5. The average Bonchev–Trinajstić information content (AvgIpc) is 3.26. The number of carbonyl (C=O) groups is 1. The lowest BCUT2D eigenvalue weighted by Gasteiger charge is -2.39. The summed E-state index contributed by atoms with van der Waals surface area (Å²) in [7, 11) is 0. The van der Waals surface area contributed by atoms with Gasteiger partial charge in [0.05, 0.1) is 25.0 Å². The molecule has 1 aromatic heterocycles. The molecule has 2 fully saturated rings. The summed E-state index contributed by atoms with van der Waals surface area (Å²) >= 11 is 0. The maximum absolute atomic E-state index is 12.5. The van der Waals surface area contributed by atoms with Crippen LogP contribution in [0.15, 0.2) is 53.1 Å². The molecule has 0 aliphatic carbocycles. The standard InChI is InChI=1S/C19H21NO3/c21-18(17-8-4-11-22-17)20-10-5-9-19(14-20)12-16(13-23-19)15-6-2-1-3-7-15/h1-4,6-8,11,16H,5,9-10,12-14H2. The summed E-state index contributed by atoms with van der Waals surface area (Å²) in [6.45, 7) is 2.18. The topological polar surface area (TPSA) is 42.7 Å². The number of hydrogen-bond donors (Lipinski definition) is 0. The summed E-state index contributed by atoms with van der Waals surface area (Å²) in [5, 5.41) is 0. The van der Waals surface area contributed by atoms with Gasteiger partial charge in [-0.1, -0.05) is 30.3 Å². The predicted molar refractivity (Wildman–Crippen MR) is 86.3 cm³/mol. The highest BCUT2D eigenvalue weighted by Crippen LogP contribution is 2.41. The van der Waals surface area contributed by atoms with Crippen LogP contribution in [0.4, 0.5) is 0 Å². The molecule has 2 saturated heterocycles. The van der Waals surface area contributed by atoms with Gasteiger partial charge in [-0.25, -0.2) is 0 Å². The second-order valence-electron chi connectivity index (χ2n) is 6.61. The number of ether oxygens (including phenoxy) is 1. The molecule has 0 radical (unpaired) electrons. The quantitative estimate of drug-likeness (QED) is 0.853. The van der Waals surface area contributed by atoms with Crippen molar-refractivity contribution in [3.8, 4) is 0 Å². The number of hydrogen-bond acceptors (Lipinski definition) is 3. The van der Waals surface area contributed by atoms with Gasteiger partial charge in [0.25, 0.3) is 5.91 Å². The second-order valence-corrected chi connectivity index (χ2v) is 6.61. The van der Waals surface area contributed by atoms with Gasteiger partial charge in [0.2, 0.25) is 0 Å².